The van der Waals surface area contributed by atoms with Crippen molar-refractivity contribution in [3.8, 4) is 0 Å². The Kier molecular flexibility index (Phi) is 5.14. The predicted octanol–water partition coefficient (Wildman–Crippen LogP) is 2.98. The lowest BCUT2D eigenvalue weighted by atomic mass is 9.85. The van der Waals surface area contributed by atoms with Crippen molar-refractivity contribution in [2.24, 2.45) is 11.0 Å². The van der Waals surface area contributed by atoms with Gasteiger partial charge in [0.2, 0.25) is 5.91 Å². The van der Waals surface area contributed by atoms with Gasteiger partial charge in [-0.15, -0.1) is 0 Å². The second-order valence-corrected chi connectivity index (χ2v) is 7.60. The van der Waals surface area contributed by atoms with Crippen molar-refractivity contribution in [3.05, 3.63) is 30.3 Å². The number of rotatable bonds is 4. The lowest BCUT2D eigenvalue weighted by Gasteiger charge is -2.34. The van der Waals surface area contributed by atoms with E-state index >= 15 is 0 Å². The molecule has 0 aromatic heterocycles. The van der Waals surface area contributed by atoms with Crippen LogP contribution in [0.1, 0.15) is 45.4 Å². The molecule has 1 aromatic rings. The number of anilines is 1. The van der Waals surface area contributed by atoms with Gasteiger partial charge in [-0.1, -0.05) is 31.0 Å². The number of fused-ring (bicyclic) bond motifs is 1. The van der Waals surface area contributed by atoms with Gasteiger partial charge in [-0.25, -0.2) is 4.79 Å². The van der Waals surface area contributed by atoms with E-state index in [1.807, 2.05) is 30.3 Å². The molecule has 3 unspecified atom stereocenters. The van der Waals surface area contributed by atoms with E-state index in [9.17, 15) is 9.59 Å². The topological polar surface area (TPSA) is 62.2 Å². The second-order valence-electron chi connectivity index (χ2n) is 7.60. The zero-order valence-corrected chi connectivity index (χ0v) is 15.8. The molecule has 1 saturated heterocycles. The zero-order valence-electron chi connectivity index (χ0n) is 15.8. The number of carbonyl (C=O) groups is 2. The van der Waals surface area contributed by atoms with Crippen molar-refractivity contribution < 1.29 is 14.3 Å². The molecule has 2 fully saturated rings. The number of ether oxygens (including phenoxy) is 1. The Hall–Kier alpha value is -2.37. The first-order chi connectivity index (χ1) is 13.2. The molecule has 2 heterocycles. The molecule has 3 atom stereocenters. The minimum atomic E-state index is -0.465. The third kappa shape index (κ3) is 3.45. The highest BCUT2D eigenvalue weighted by Crippen LogP contribution is 2.37. The van der Waals surface area contributed by atoms with E-state index in [1.165, 1.54) is 19.3 Å². The largest absolute Gasteiger partial charge is 0.461 e. The number of amides is 1. The molecule has 6 nitrogen and oxygen atoms in total. The van der Waals surface area contributed by atoms with Crippen molar-refractivity contribution in [1.29, 1.82) is 0 Å². The summed E-state index contributed by atoms with van der Waals surface area (Å²) in [6.45, 7) is 2.90. The average Bonchev–Trinajstić information content (AvgIpc) is 3.33. The normalized spacial score (nSPS) is 27.3. The summed E-state index contributed by atoms with van der Waals surface area (Å²) in [7, 11) is 0. The van der Waals surface area contributed by atoms with Crippen LogP contribution in [0, 0.1) is 5.92 Å². The monoisotopic (exact) mass is 369 g/mol. The van der Waals surface area contributed by atoms with Crippen LogP contribution >= 0.6 is 0 Å². The van der Waals surface area contributed by atoms with E-state index in [1.54, 1.807) is 11.9 Å². The van der Waals surface area contributed by atoms with Crippen LogP contribution in [0.3, 0.4) is 0 Å². The second kappa shape index (κ2) is 7.71. The van der Waals surface area contributed by atoms with E-state index in [0.29, 0.717) is 30.7 Å². The van der Waals surface area contributed by atoms with E-state index in [0.717, 1.165) is 25.1 Å². The number of hydrazone groups is 1. The summed E-state index contributed by atoms with van der Waals surface area (Å²) in [6, 6.07) is 9.50. The van der Waals surface area contributed by atoms with Crippen LogP contribution in [0.15, 0.2) is 35.4 Å². The molecule has 0 radical (unpaired) electrons. The van der Waals surface area contributed by atoms with Crippen LogP contribution < -0.4 is 5.01 Å². The Morgan fingerprint density at radius 2 is 1.93 bits per heavy atom. The minimum absolute atomic E-state index is 0.0938. The molecule has 1 amide bonds. The van der Waals surface area contributed by atoms with E-state index in [4.69, 9.17) is 4.74 Å². The quantitative estimate of drug-likeness (QED) is 0.766. The van der Waals surface area contributed by atoms with Gasteiger partial charge in [0.05, 0.1) is 12.3 Å². The van der Waals surface area contributed by atoms with Crippen LogP contribution in [0.2, 0.25) is 0 Å². The van der Waals surface area contributed by atoms with Gasteiger partial charge in [0.25, 0.3) is 0 Å². The van der Waals surface area contributed by atoms with Crippen molar-refractivity contribution in [1.82, 2.24) is 4.90 Å². The number of hydrogen-bond donors (Lipinski definition) is 0. The van der Waals surface area contributed by atoms with E-state index in [2.05, 4.69) is 10.0 Å². The molecule has 1 aliphatic carbocycles. The van der Waals surface area contributed by atoms with Gasteiger partial charge in [-0.3, -0.25) is 9.80 Å². The number of para-hydroxylation sites is 1. The molecule has 0 spiro atoms. The number of hydrogen-bond acceptors (Lipinski definition) is 5. The molecule has 4 rings (SSSR count). The summed E-state index contributed by atoms with van der Waals surface area (Å²) in [6.07, 6.45) is 6.20. The van der Waals surface area contributed by atoms with Crippen molar-refractivity contribution in [3.63, 3.8) is 0 Å². The SMILES string of the molecule is CCOC(=O)C1=NN(c2ccccc2)C(C(=O)N2CCC3CCCCC32)C1. The molecule has 0 N–H and O–H groups in total. The highest BCUT2D eigenvalue weighted by molar-refractivity contribution is 6.38. The third-order valence-electron chi connectivity index (χ3n) is 6.02. The van der Waals surface area contributed by atoms with Gasteiger partial charge >= 0.3 is 5.97 Å². The summed E-state index contributed by atoms with van der Waals surface area (Å²) in [5.74, 6) is 0.307. The molecule has 0 bridgehead atoms. The van der Waals surface area contributed by atoms with Crippen molar-refractivity contribution in [2.45, 2.75) is 57.5 Å². The molecule has 1 aromatic carbocycles. The van der Waals surface area contributed by atoms with Crippen LogP contribution in [-0.4, -0.2) is 47.7 Å². The Balaban J connectivity index is 1.58. The maximum atomic E-state index is 13.5. The molecule has 144 valence electrons. The Morgan fingerprint density at radius 1 is 1.15 bits per heavy atom. The number of carbonyl (C=O) groups excluding carboxylic acids is 2. The highest BCUT2D eigenvalue weighted by Gasteiger charge is 2.44. The van der Waals surface area contributed by atoms with Crippen LogP contribution in [0.5, 0.6) is 0 Å². The van der Waals surface area contributed by atoms with Gasteiger partial charge in [0.1, 0.15) is 11.8 Å². The molecule has 27 heavy (non-hydrogen) atoms. The maximum absolute atomic E-state index is 13.5. The van der Waals surface area contributed by atoms with E-state index < -0.39 is 12.0 Å². The summed E-state index contributed by atoms with van der Waals surface area (Å²) in [4.78, 5) is 27.8. The molecule has 2 aliphatic heterocycles. The van der Waals surface area contributed by atoms with Crippen LogP contribution in [0.4, 0.5) is 5.69 Å². The molecule has 6 heteroatoms. The third-order valence-corrected chi connectivity index (χ3v) is 6.02. The van der Waals surface area contributed by atoms with Crippen molar-refractivity contribution >= 4 is 23.3 Å². The van der Waals surface area contributed by atoms with Gasteiger partial charge < -0.3 is 9.64 Å². The summed E-state index contributed by atoms with van der Waals surface area (Å²) in [5.41, 5.74) is 1.16. The number of benzene rings is 1. The van der Waals surface area contributed by atoms with Gasteiger partial charge in [0, 0.05) is 19.0 Å². The molecular weight excluding hydrogens is 342 g/mol. The fourth-order valence-corrected chi connectivity index (χ4v) is 4.73. The number of likely N-dealkylation sites (tertiary alicyclic amines) is 1. The summed E-state index contributed by atoms with van der Waals surface area (Å²) in [5, 5.41) is 6.20. The van der Waals surface area contributed by atoms with Crippen molar-refractivity contribution in [2.75, 3.05) is 18.2 Å². The zero-order chi connectivity index (χ0) is 18.8. The smallest absolute Gasteiger partial charge is 0.354 e. The maximum Gasteiger partial charge on any atom is 0.354 e. The standard InChI is InChI=1S/C21H27N3O3/c1-2-27-21(26)17-14-19(24(22-17)16-9-4-3-5-10-16)20(25)23-13-12-15-8-6-7-11-18(15)23/h3-5,9-10,15,18-19H,2,6-8,11-14H2,1H3. The predicted molar refractivity (Wildman–Crippen MR) is 103 cm³/mol. The first kappa shape index (κ1) is 18.0. The van der Waals surface area contributed by atoms with Crippen LogP contribution in [0.25, 0.3) is 0 Å². The lowest BCUT2D eigenvalue weighted by Crippen LogP contribution is -2.48. The molecule has 3 aliphatic rings. The Bertz CT molecular complexity index is 733. The fraction of sp³-hybridized carbons (Fsp3) is 0.571. The number of esters is 1. The molecule has 1 saturated carbocycles. The fourth-order valence-electron chi connectivity index (χ4n) is 4.73. The average molecular weight is 369 g/mol. The number of nitrogens with zero attached hydrogens (tertiary/aromatic N) is 3. The van der Waals surface area contributed by atoms with Crippen LogP contribution in [-0.2, 0) is 14.3 Å². The summed E-state index contributed by atoms with van der Waals surface area (Å²) >= 11 is 0. The highest BCUT2D eigenvalue weighted by atomic mass is 16.5. The van der Waals surface area contributed by atoms with Gasteiger partial charge in [-0.2, -0.15) is 5.10 Å². The van der Waals surface area contributed by atoms with E-state index in [-0.39, 0.29) is 5.91 Å². The first-order valence-corrected chi connectivity index (χ1v) is 10.1. The molecular formula is C21H27N3O3. The Morgan fingerprint density at radius 3 is 2.70 bits per heavy atom. The Labute approximate surface area is 160 Å². The van der Waals surface area contributed by atoms with Gasteiger partial charge in [0.15, 0.2) is 0 Å². The minimum Gasteiger partial charge on any atom is -0.461 e. The lowest BCUT2D eigenvalue weighted by molar-refractivity contribution is -0.135. The first-order valence-electron chi connectivity index (χ1n) is 10.1. The summed E-state index contributed by atoms with van der Waals surface area (Å²) < 4.78 is 5.13. The van der Waals surface area contributed by atoms with Gasteiger partial charge in [-0.05, 0) is 44.2 Å².